The maximum absolute atomic E-state index is 9.93. The smallest absolute Gasteiger partial charge is 0.417 e. The summed E-state index contributed by atoms with van der Waals surface area (Å²) in [6.45, 7) is 0. The summed E-state index contributed by atoms with van der Waals surface area (Å²) < 4.78 is 4.29. The highest BCUT2D eigenvalue weighted by Gasteiger charge is 1.92. The van der Waals surface area contributed by atoms with Crippen LogP contribution in [0.1, 0.15) is 0 Å². The van der Waals surface area contributed by atoms with Crippen molar-refractivity contribution >= 4 is 28.0 Å². The average Bonchev–Trinajstić information content (AvgIpc) is 1.87. The van der Waals surface area contributed by atoms with E-state index in [4.69, 9.17) is 5.11 Å². The normalized spacial score (nSPS) is 10.0. The van der Waals surface area contributed by atoms with Crippen molar-refractivity contribution in [3.63, 3.8) is 0 Å². The summed E-state index contributed by atoms with van der Waals surface area (Å²) in [6.07, 6.45) is 1.63. The van der Waals surface area contributed by atoms with Crippen molar-refractivity contribution in [3.05, 3.63) is 12.3 Å². The fraction of sp³-hybridized carbons (Fsp3) is 0.250. The third-order valence-corrected chi connectivity index (χ3v) is 1.99. The predicted octanol–water partition coefficient (Wildman–Crippen LogP) is 1.45. The van der Waals surface area contributed by atoms with Crippen LogP contribution in [0.25, 0.3) is 0 Å². The van der Waals surface area contributed by atoms with E-state index in [-0.39, 0.29) is 0 Å². The van der Waals surface area contributed by atoms with Gasteiger partial charge in [-0.2, -0.15) is 0 Å². The van der Waals surface area contributed by atoms with E-state index >= 15 is 0 Å². The number of carbonyl (C=O) groups is 1. The molecule has 0 saturated heterocycles. The van der Waals surface area contributed by atoms with Crippen molar-refractivity contribution < 1.29 is 14.1 Å². The van der Waals surface area contributed by atoms with Crippen LogP contribution in [0.5, 0.6) is 0 Å². The molecule has 0 radical (unpaired) electrons. The number of hydrogen-bond donors (Lipinski definition) is 2. The summed E-state index contributed by atoms with van der Waals surface area (Å²) in [4.78, 5) is 9.93. The van der Waals surface area contributed by atoms with Gasteiger partial charge in [0, 0.05) is 5.75 Å². The molecule has 0 fully saturated rings. The Morgan fingerprint density at radius 2 is 2.50 bits per heavy atom. The number of carbonyl (C=O) groups excluding carboxylic acids is 1. The third kappa shape index (κ3) is 7.51. The van der Waals surface area contributed by atoms with Crippen LogP contribution in [-0.4, -0.2) is 17.0 Å². The van der Waals surface area contributed by atoms with Gasteiger partial charge in [0.2, 0.25) is 0 Å². The van der Waals surface area contributed by atoms with Crippen LogP contribution in [0, 0.1) is 0 Å². The van der Waals surface area contributed by atoms with Gasteiger partial charge in [-0.15, -0.1) is 0 Å². The van der Waals surface area contributed by atoms with Crippen molar-refractivity contribution in [1.29, 1.82) is 0 Å². The Labute approximate surface area is 66.4 Å². The lowest BCUT2D eigenvalue weighted by molar-refractivity contribution is 0.219. The lowest BCUT2D eigenvalue weighted by Crippen LogP contribution is -2.07. The number of primary amides is 1. The maximum atomic E-state index is 9.93. The molecular formula is C4H7NO3S2. The van der Waals surface area contributed by atoms with Gasteiger partial charge in [0.25, 0.3) is 0 Å². The summed E-state index contributed by atoms with van der Waals surface area (Å²) >= 11 is 0.881. The van der Waals surface area contributed by atoms with Crippen molar-refractivity contribution in [1.82, 2.24) is 0 Å². The number of aliphatic hydroxyl groups is 1. The SMILES string of the molecule is NC(=O)OSSCC=CO. The maximum Gasteiger partial charge on any atom is 0.417 e. The summed E-state index contributed by atoms with van der Waals surface area (Å²) in [5.74, 6) is 0.564. The van der Waals surface area contributed by atoms with Gasteiger partial charge in [-0.05, 0) is 16.9 Å². The molecule has 0 saturated carbocycles. The first-order valence-corrected chi connectivity index (χ1v) is 4.56. The van der Waals surface area contributed by atoms with E-state index < -0.39 is 6.09 Å². The molecule has 0 aromatic rings. The van der Waals surface area contributed by atoms with Gasteiger partial charge in [-0.1, -0.05) is 0 Å². The molecule has 3 N–H and O–H groups in total. The lowest BCUT2D eigenvalue weighted by atomic mass is 10.7. The Morgan fingerprint density at radius 1 is 1.80 bits per heavy atom. The molecule has 0 aliphatic heterocycles. The first-order chi connectivity index (χ1) is 4.77. The second kappa shape index (κ2) is 6.63. The molecule has 0 atom stereocenters. The molecule has 0 heterocycles. The molecule has 0 unspecified atom stereocenters. The number of nitrogens with two attached hydrogens (primary N) is 1. The standard InChI is InChI=1S/C4H7NO3S2/c5-4(7)8-10-9-3-1-2-6/h1-2,6H,3H2,(H2,5,7). The van der Waals surface area contributed by atoms with E-state index in [1.165, 1.54) is 16.9 Å². The van der Waals surface area contributed by atoms with E-state index in [1.807, 2.05) is 0 Å². The Kier molecular flexibility index (Phi) is 6.30. The largest absolute Gasteiger partial charge is 0.516 e. The molecule has 0 aromatic heterocycles. The van der Waals surface area contributed by atoms with E-state index in [0.29, 0.717) is 5.75 Å². The van der Waals surface area contributed by atoms with Gasteiger partial charge >= 0.3 is 6.09 Å². The van der Waals surface area contributed by atoms with Crippen LogP contribution >= 0.6 is 21.9 Å². The molecule has 0 aliphatic rings. The summed E-state index contributed by atoms with van der Waals surface area (Å²) in [5, 5.41) is 8.14. The van der Waals surface area contributed by atoms with Gasteiger partial charge in [0.15, 0.2) is 0 Å². The minimum atomic E-state index is -0.814. The second-order valence-electron chi connectivity index (χ2n) is 1.14. The molecule has 0 spiro atoms. The molecule has 4 nitrogen and oxygen atoms in total. The number of hydrogen-bond acceptors (Lipinski definition) is 5. The predicted molar refractivity (Wildman–Crippen MR) is 42.5 cm³/mol. The molecule has 0 bridgehead atoms. The second-order valence-corrected chi connectivity index (χ2v) is 3.13. The van der Waals surface area contributed by atoms with Gasteiger partial charge in [0.1, 0.15) is 11.1 Å². The van der Waals surface area contributed by atoms with Crippen LogP contribution in [0.3, 0.4) is 0 Å². The zero-order valence-electron chi connectivity index (χ0n) is 5.02. The Bertz CT molecular complexity index is 128. The molecule has 6 heteroatoms. The lowest BCUT2D eigenvalue weighted by Gasteiger charge is -1.93. The molecule has 0 aromatic carbocycles. The van der Waals surface area contributed by atoms with E-state index in [2.05, 4.69) is 9.92 Å². The molecule has 1 amide bonds. The van der Waals surface area contributed by atoms with Gasteiger partial charge in [0.05, 0.1) is 6.26 Å². The van der Waals surface area contributed by atoms with Crippen molar-refractivity contribution in [2.24, 2.45) is 5.73 Å². The van der Waals surface area contributed by atoms with Crippen LogP contribution in [0.2, 0.25) is 0 Å². The number of rotatable bonds is 4. The topological polar surface area (TPSA) is 72.6 Å². The zero-order chi connectivity index (χ0) is 7.82. The van der Waals surface area contributed by atoms with Crippen LogP contribution in [0.15, 0.2) is 12.3 Å². The van der Waals surface area contributed by atoms with Crippen molar-refractivity contribution in [3.8, 4) is 0 Å². The molecular weight excluding hydrogens is 174 g/mol. The van der Waals surface area contributed by atoms with E-state index in [9.17, 15) is 4.79 Å². The fourth-order valence-electron chi connectivity index (χ4n) is 0.168. The highest BCUT2D eigenvalue weighted by molar-refractivity contribution is 8.75. The molecule has 0 rings (SSSR count). The Balaban J connectivity index is 2.98. The van der Waals surface area contributed by atoms with Crippen LogP contribution in [0.4, 0.5) is 4.79 Å². The summed E-state index contributed by atoms with van der Waals surface area (Å²) in [6, 6.07) is 0. The first kappa shape index (κ1) is 9.51. The molecule has 58 valence electrons. The Hall–Kier alpha value is -0.490. The fourth-order valence-corrected chi connectivity index (χ4v) is 1.25. The molecule has 10 heavy (non-hydrogen) atoms. The summed E-state index contributed by atoms with van der Waals surface area (Å²) in [7, 11) is 1.25. The van der Waals surface area contributed by atoms with Gasteiger partial charge < -0.3 is 15.0 Å². The number of amides is 1. The summed E-state index contributed by atoms with van der Waals surface area (Å²) in [5.41, 5.74) is 4.64. The van der Waals surface area contributed by atoms with Gasteiger partial charge in [-0.3, -0.25) is 0 Å². The average molecular weight is 181 g/mol. The third-order valence-electron chi connectivity index (χ3n) is 0.434. The van der Waals surface area contributed by atoms with E-state index in [0.717, 1.165) is 17.3 Å². The minimum absolute atomic E-state index is 0.564. The monoisotopic (exact) mass is 181 g/mol. The highest BCUT2D eigenvalue weighted by Crippen LogP contribution is 2.21. The minimum Gasteiger partial charge on any atom is -0.516 e. The highest BCUT2D eigenvalue weighted by atomic mass is 33.1. The quantitative estimate of drug-likeness (QED) is 0.297. The van der Waals surface area contributed by atoms with E-state index in [1.54, 1.807) is 0 Å². The van der Waals surface area contributed by atoms with Crippen LogP contribution in [-0.2, 0) is 4.18 Å². The van der Waals surface area contributed by atoms with Crippen LogP contribution < -0.4 is 5.73 Å². The zero-order valence-corrected chi connectivity index (χ0v) is 6.65. The first-order valence-electron chi connectivity index (χ1n) is 2.32. The molecule has 0 aliphatic carbocycles. The van der Waals surface area contributed by atoms with Gasteiger partial charge in [-0.25, -0.2) is 4.79 Å². The van der Waals surface area contributed by atoms with Crippen molar-refractivity contribution in [2.75, 3.05) is 5.75 Å². The Morgan fingerprint density at radius 3 is 3.00 bits per heavy atom. The van der Waals surface area contributed by atoms with Crippen molar-refractivity contribution in [2.45, 2.75) is 0 Å². The number of aliphatic hydroxyl groups excluding tert-OH is 1.